The molecule has 7 aliphatic carbocycles. The van der Waals surface area contributed by atoms with Crippen molar-refractivity contribution in [3.05, 3.63) is 305 Å². The molecule has 6 aliphatic heterocycles. The van der Waals surface area contributed by atoms with Gasteiger partial charge in [0.1, 0.15) is 0 Å². The minimum Gasteiger partial charge on any atom is -0.332 e. The third-order valence-electron chi connectivity index (χ3n) is 31.9. The zero-order chi connectivity index (χ0) is 95.8. The van der Waals surface area contributed by atoms with E-state index in [0.717, 1.165) is 68.8 Å². The number of allylic oxidation sites excluding steroid dienone is 10. The van der Waals surface area contributed by atoms with E-state index in [1.165, 1.54) is 324 Å². The molecule has 714 valence electrons. The molecule has 6 atom stereocenters. The van der Waals surface area contributed by atoms with Crippen LogP contribution in [0.5, 0.6) is 0 Å². The van der Waals surface area contributed by atoms with Gasteiger partial charge < -0.3 is 29.4 Å². The molecule has 6 unspecified atom stereocenters. The highest BCUT2D eigenvalue weighted by Gasteiger charge is 2.45. The van der Waals surface area contributed by atoms with Crippen LogP contribution in [0.15, 0.2) is 260 Å². The Balaban J connectivity index is 0.000000119. The molecule has 6 nitrogen and oxygen atoms in total. The Kier molecular flexibility index (Phi) is 34.6. The molecule has 12 heteroatoms. The van der Waals surface area contributed by atoms with Crippen LogP contribution in [0.1, 0.15) is 329 Å². The molecule has 0 aromatic heterocycles. The molecule has 0 bridgehead atoms. The summed E-state index contributed by atoms with van der Waals surface area (Å²) in [5.41, 5.74) is 27.0. The lowest BCUT2D eigenvalue weighted by atomic mass is 9.87. The van der Waals surface area contributed by atoms with Crippen molar-refractivity contribution in [2.24, 2.45) is 41.4 Å². The van der Waals surface area contributed by atoms with Crippen LogP contribution in [0.3, 0.4) is 0 Å². The van der Waals surface area contributed by atoms with Crippen molar-refractivity contribution in [2.45, 2.75) is 354 Å². The molecular formula is C122H160N6S6. The Morgan fingerprint density at radius 1 is 0.209 bits per heavy atom. The predicted molar refractivity (Wildman–Crippen MR) is 598 cm³/mol. The molecule has 134 heavy (non-hydrogen) atoms. The second-order valence-corrected chi connectivity index (χ2v) is 48.2. The fraction of sp³-hybridized carbons (Fsp3) is 0.508. The van der Waals surface area contributed by atoms with Gasteiger partial charge in [-0.25, -0.2) is 0 Å². The molecule has 0 saturated heterocycles. The predicted octanol–water partition coefficient (Wildman–Crippen LogP) is 37.7. The first-order valence-corrected chi connectivity index (χ1v) is 57.7. The molecule has 8 aromatic carbocycles. The average molecular weight is 1910 g/mol. The maximum atomic E-state index is 7.97. The van der Waals surface area contributed by atoms with Crippen LogP contribution >= 0.6 is 70.6 Å². The van der Waals surface area contributed by atoms with Crippen molar-refractivity contribution >= 4 is 115 Å². The number of rotatable bonds is 15. The highest BCUT2D eigenvalue weighted by molar-refractivity contribution is 8.09. The van der Waals surface area contributed by atoms with Gasteiger partial charge in [-0.05, 0) is 316 Å². The van der Waals surface area contributed by atoms with Crippen molar-refractivity contribution in [1.29, 1.82) is 0 Å². The first-order valence-electron chi connectivity index (χ1n) is 53.9. The number of para-hydroxylation sites is 6. The summed E-state index contributed by atoms with van der Waals surface area (Å²) in [5.74, 6) is 5.87. The van der Waals surface area contributed by atoms with Crippen molar-refractivity contribution in [3.8, 4) is 0 Å². The fourth-order valence-electron chi connectivity index (χ4n) is 24.2. The van der Waals surface area contributed by atoms with Gasteiger partial charge in [0, 0.05) is 102 Å². The molecule has 7 saturated carbocycles. The number of hydrogen-bond acceptors (Lipinski definition) is 12. The van der Waals surface area contributed by atoms with E-state index in [0.29, 0.717) is 26.9 Å². The minimum absolute atomic E-state index is 0.539. The van der Waals surface area contributed by atoms with E-state index in [4.69, 9.17) is 4.11 Å². The molecule has 0 amide bonds. The number of nitrogens with zero attached hydrogens (tertiary/aromatic N) is 6. The summed E-state index contributed by atoms with van der Waals surface area (Å²) in [7, 11) is 0. The summed E-state index contributed by atoms with van der Waals surface area (Å²) >= 11 is 12.2. The maximum Gasteiger partial charge on any atom is 0.0871 e. The van der Waals surface area contributed by atoms with E-state index in [1.54, 1.807) is 21.2 Å². The fourth-order valence-corrected chi connectivity index (χ4v) is 33.5. The number of thioether (sulfide) groups is 6. The van der Waals surface area contributed by atoms with E-state index in [9.17, 15) is 0 Å². The third kappa shape index (κ3) is 23.5. The number of benzene rings is 8. The second kappa shape index (κ2) is 48.3. The summed E-state index contributed by atoms with van der Waals surface area (Å²) in [6, 6.07) is 73.4. The zero-order valence-electron chi connectivity index (χ0n) is 86.8. The van der Waals surface area contributed by atoms with Gasteiger partial charge in [0.05, 0.1) is 32.2 Å². The third-order valence-corrected chi connectivity index (χ3v) is 41.1. The zero-order valence-corrected chi connectivity index (χ0v) is 88.7. The van der Waals surface area contributed by atoms with Crippen molar-refractivity contribution in [3.63, 3.8) is 0 Å². The van der Waals surface area contributed by atoms with Gasteiger partial charge in [-0.3, -0.25) is 0 Å². The Morgan fingerprint density at radius 3 is 0.709 bits per heavy atom. The molecule has 0 radical (unpaired) electrons. The van der Waals surface area contributed by atoms with E-state index in [1.807, 2.05) is 73.3 Å². The van der Waals surface area contributed by atoms with Gasteiger partial charge in [-0.1, -0.05) is 322 Å². The van der Waals surface area contributed by atoms with Gasteiger partial charge in [0.15, 0.2) is 0 Å². The summed E-state index contributed by atoms with van der Waals surface area (Å²) in [4.78, 5) is 24.3. The van der Waals surface area contributed by atoms with Crippen LogP contribution in [0.4, 0.5) is 34.1 Å². The summed E-state index contributed by atoms with van der Waals surface area (Å²) in [6.45, 7) is 29.5. The van der Waals surface area contributed by atoms with E-state index < -0.39 is 12.2 Å². The second-order valence-electron chi connectivity index (χ2n) is 41.0. The lowest BCUT2D eigenvalue weighted by Gasteiger charge is -2.36. The Hall–Kier alpha value is -6.90. The van der Waals surface area contributed by atoms with Crippen molar-refractivity contribution in [2.75, 3.05) is 29.4 Å². The first kappa shape index (κ1) is 96.0. The normalized spacial score (nSPS) is 24.3. The largest absolute Gasteiger partial charge is 0.332 e. The topological polar surface area (TPSA) is 19.4 Å². The molecule has 0 spiro atoms. The van der Waals surface area contributed by atoms with E-state index >= 15 is 0 Å². The Bertz CT molecular complexity index is 5400. The van der Waals surface area contributed by atoms with Crippen LogP contribution in [-0.2, 0) is 0 Å². The average Bonchev–Trinajstić information content (AvgIpc) is 1.70. The molecule has 13 aliphatic rings. The molecule has 6 heterocycles. The van der Waals surface area contributed by atoms with Gasteiger partial charge in [0.2, 0.25) is 0 Å². The van der Waals surface area contributed by atoms with Crippen LogP contribution in [0, 0.1) is 83.0 Å². The van der Waals surface area contributed by atoms with E-state index in [2.05, 4.69) is 318 Å². The maximum absolute atomic E-state index is 7.97. The Labute approximate surface area is 841 Å². The summed E-state index contributed by atoms with van der Waals surface area (Å²) in [5, 5.41) is 2.46. The van der Waals surface area contributed by atoms with Crippen molar-refractivity contribution < 1.29 is 4.11 Å². The molecule has 8 aromatic rings. The highest BCUT2D eigenvalue weighted by Crippen LogP contribution is 2.58. The standard InChI is InChI=1S/C23H33NS.C23H27NS.C22H31NS.C18H19NS.2C18H25NS/c2*1-17-11-9-10-16-21(17)24-18(2)22(19-12-5-3-6-13-19)25-23(24)20-14-7-4-8-15-20;1-16-10-6-9-15-20(16)23-17(2)21(18-11-7-8-12-18)24-22(23)19-13-4-3-5-14-19;1-13-9-7-8-12-17(13)19-14(2)18(20-15(19)3)16-10-5-4-6-11-16;2*1-13-9-7-8-12-17(13)19-14(2)15(3)20-18(19)16-10-5-4-6-11-16/h9-11,16,19-20,23H,3-8,12-15H2,1-2H3;3,5-6,9-13,16,20,23H,4,7-8,14-15H2,1-2H3;6,9-10,15,18-19,22H,3-5,7-8,11-14H2,1-2H3;4-12,15H,1-3H3;2*7-9,12,16,18H,4-6,10-11H2,1-3H3/i;;;3D3;;. The first-order chi connectivity index (χ1) is 66.5. The van der Waals surface area contributed by atoms with Crippen molar-refractivity contribution in [1.82, 2.24) is 0 Å². The summed E-state index contributed by atoms with van der Waals surface area (Å²) < 4.78 is 23.9. The number of hydrogen-bond donors (Lipinski definition) is 0. The minimum atomic E-state index is -2.06. The van der Waals surface area contributed by atoms with Gasteiger partial charge >= 0.3 is 0 Å². The van der Waals surface area contributed by atoms with Crippen LogP contribution in [0.25, 0.3) is 9.81 Å². The Morgan fingerprint density at radius 2 is 0.425 bits per heavy atom. The highest BCUT2D eigenvalue weighted by atomic mass is 32.2. The summed E-state index contributed by atoms with van der Waals surface area (Å²) in [6.07, 6.45) is 48.2. The van der Waals surface area contributed by atoms with Gasteiger partial charge in [0.25, 0.3) is 0 Å². The molecule has 7 fully saturated rings. The lowest BCUT2D eigenvalue weighted by Crippen LogP contribution is -2.35. The monoisotopic (exact) mass is 1900 g/mol. The van der Waals surface area contributed by atoms with Crippen LogP contribution < -0.4 is 29.4 Å². The number of aryl methyl sites for hydroxylation is 6. The van der Waals surface area contributed by atoms with Crippen LogP contribution in [0.2, 0.25) is 0 Å². The van der Waals surface area contributed by atoms with Crippen LogP contribution in [-0.4, -0.2) is 32.2 Å². The smallest absolute Gasteiger partial charge is 0.0871 e. The molecule has 21 rings (SSSR count). The molecular weight excluding hydrogens is 1740 g/mol. The van der Waals surface area contributed by atoms with Gasteiger partial charge in [-0.15, -0.1) is 47.0 Å². The SMILES string of the molecule is CC1=C(C)N(c2ccccc2C)C(C2CCCCC2)S1.CC1=C(C)N(c2ccccc2C)C(C2CCCCC2)S1.CC1=C(C2CCCC2)SC(C2CCCCC2)N1c1ccccc1C.CC1=C(C2CCCCC2)SC(C2CCCCC2)N1c1ccccc1C.CC1=C(c2ccccc2)SC(C2CCCCC2)N1c1ccccc1C.[2H]C([2H])([2H])C1SC(c2ccccc2)=C(C)N1c1ccccc1C. The lowest BCUT2D eigenvalue weighted by molar-refractivity contribution is 0.349. The van der Waals surface area contributed by atoms with E-state index in [-0.39, 0.29) is 0 Å². The number of anilines is 6. The van der Waals surface area contributed by atoms with Gasteiger partial charge in [-0.2, -0.15) is 0 Å². The molecule has 0 N–H and O–H groups in total. The quantitative estimate of drug-likeness (QED) is 0.0975.